The Kier molecular flexibility index (Phi) is 4.16. The molecule has 0 aliphatic carbocycles. The largest absolute Gasteiger partial charge is 0.306 e. The highest BCUT2D eigenvalue weighted by Crippen LogP contribution is 2.32. The predicted molar refractivity (Wildman–Crippen MR) is 98.2 cm³/mol. The molecule has 132 valence electrons. The molecular formula is C19H16FN3O2S. The topological polar surface area (TPSA) is 64.0 Å². The summed E-state index contributed by atoms with van der Waals surface area (Å²) in [5.74, 6) is 0.308. The van der Waals surface area contributed by atoms with E-state index >= 15 is 0 Å². The van der Waals surface area contributed by atoms with Crippen LogP contribution >= 0.6 is 0 Å². The summed E-state index contributed by atoms with van der Waals surface area (Å²) in [7, 11) is -1.02. The standard InChI is InChI=1S/C19H16FN3O2S/c1-12-5-2-3-8-17(12)23-18(15-10-26(25)11-16(15)22-23)21-19(24)13-6-4-7-14(20)9-13/h2-9H,10-11H2,1H3,(H,21,24)/t26-/m0/s1. The van der Waals surface area contributed by atoms with Crippen LogP contribution in [-0.2, 0) is 22.3 Å². The van der Waals surface area contributed by atoms with Gasteiger partial charge in [-0.15, -0.1) is 0 Å². The van der Waals surface area contributed by atoms with Gasteiger partial charge in [0, 0.05) is 21.9 Å². The second-order valence-corrected chi connectivity index (χ2v) is 7.62. The summed E-state index contributed by atoms with van der Waals surface area (Å²) in [4.78, 5) is 12.6. The van der Waals surface area contributed by atoms with Crippen LogP contribution in [0.4, 0.5) is 10.2 Å². The van der Waals surface area contributed by atoms with Crippen molar-refractivity contribution in [1.29, 1.82) is 0 Å². The predicted octanol–water partition coefficient (Wildman–Crippen LogP) is 3.33. The number of rotatable bonds is 3. The van der Waals surface area contributed by atoms with Crippen LogP contribution in [0, 0.1) is 12.7 Å². The summed E-state index contributed by atoms with van der Waals surface area (Å²) in [6, 6.07) is 13.2. The number of anilines is 1. The van der Waals surface area contributed by atoms with Gasteiger partial charge in [-0.3, -0.25) is 9.00 Å². The molecule has 1 N–H and O–H groups in total. The van der Waals surface area contributed by atoms with E-state index in [4.69, 9.17) is 0 Å². The number of aryl methyl sites for hydroxylation is 1. The van der Waals surface area contributed by atoms with Crippen LogP contribution in [0.3, 0.4) is 0 Å². The van der Waals surface area contributed by atoms with E-state index in [1.165, 1.54) is 18.2 Å². The molecule has 5 nitrogen and oxygen atoms in total. The van der Waals surface area contributed by atoms with Gasteiger partial charge in [-0.25, -0.2) is 9.07 Å². The Labute approximate surface area is 152 Å². The normalized spacial score (nSPS) is 15.7. The molecule has 7 heteroatoms. The van der Waals surface area contributed by atoms with Gasteiger partial charge >= 0.3 is 0 Å². The molecule has 1 aliphatic rings. The van der Waals surface area contributed by atoms with Crippen molar-refractivity contribution < 1.29 is 13.4 Å². The van der Waals surface area contributed by atoms with Crippen LogP contribution in [0.5, 0.6) is 0 Å². The molecule has 1 amide bonds. The molecule has 0 radical (unpaired) electrons. The zero-order valence-electron chi connectivity index (χ0n) is 14.0. The Morgan fingerprint density at radius 3 is 2.77 bits per heavy atom. The minimum atomic E-state index is -1.02. The van der Waals surface area contributed by atoms with Crippen LogP contribution in [0.25, 0.3) is 5.69 Å². The van der Waals surface area contributed by atoms with Crippen molar-refractivity contribution in [3.05, 3.63) is 76.7 Å². The van der Waals surface area contributed by atoms with E-state index in [1.807, 2.05) is 31.2 Å². The lowest BCUT2D eigenvalue weighted by atomic mass is 10.2. The van der Waals surface area contributed by atoms with Crippen molar-refractivity contribution in [3.63, 3.8) is 0 Å². The van der Waals surface area contributed by atoms with Crippen LogP contribution in [0.2, 0.25) is 0 Å². The molecule has 4 rings (SSSR count). The fraction of sp³-hybridized carbons (Fsp3) is 0.158. The molecule has 1 aromatic heterocycles. The smallest absolute Gasteiger partial charge is 0.256 e. The van der Waals surface area contributed by atoms with Crippen molar-refractivity contribution in [2.45, 2.75) is 18.4 Å². The Balaban J connectivity index is 1.78. The van der Waals surface area contributed by atoms with E-state index in [2.05, 4.69) is 10.4 Å². The summed E-state index contributed by atoms with van der Waals surface area (Å²) in [6.07, 6.45) is 0. The highest BCUT2D eigenvalue weighted by molar-refractivity contribution is 7.83. The number of benzene rings is 2. The number of carbonyl (C=O) groups excluding carboxylic acids is 1. The van der Waals surface area contributed by atoms with Gasteiger partial charge in [-0.1, -0.05) is 24.3 Å². The van der Waals surface area contributed by atoms with Crippen LogP contribution in [0.1, 0.15) is 27.2 Å². The molecule has 1 atom stereocenters. The molecule has 0 spiro atoms. The van der Waals surface area contributed by atoms with Crippen molar-refractivity contribution >= 4 is 22.5 Å². The zero-order chi connectivity index (χ0) is 18.3. The Morgan fingerprint density at radius 2 is 2.00 bits per heavy atom. The van der Waals surface area contributed by atoms with Gasteiger partial charge in [0.25, 0.3) is 5.91 Å². The van der Waals surface area contributed by atoms with E-state index in [-0.39, 0.29) is 5.56 Å². The SMILES string of the molecule is Cc1ccccc1-n1nc2c(c1NC(=O)c1cccc(F)c1)C[S@](=O)C2. The van der Waals surface area contributed by atoms with Gasteiger partial charge in [-0.2, -0.15) is 5.10 Å². The number of fused-ring (bicyclic) bond motifs is 1. The average Bonchev–Trinajstić information content (AvgIpc) is 3.12. The number of nitrogens with zero attached hydrogens (tertiary/aromatic N) is 2. The first-order chi connectivity index (χ1) is 12.5. The number of hydrogen-bond acceptors (Lipinski definition) is 3. The molecule has 3 aromatic rings. The molecule has 0 fully saturated rings. The Morgan fingerprint density at radius 1 is 1.19 bits per heavy atom. The summed E-state index contributed by atoms with van der Waals surface area (Å²) in [5.41, 5.74) is 3.55. The second-order valence-electron chi connectivity index (χ2n) is 6.17. The summed E-state index contributed by atoms with van der Waals surface area (Å²) >= 11 is 0. The minimum Gasteiger partial charge on any atom is -0.306 e. The monoisotopic (exact) mass is 369 g/mol. The third-order valence-corrected chi connectivity index (χ3v) is 5.54. The Hall–Kier alpha value is -2.80. The highest BCUT2D eigenvalue weighted by atomic mass is 32.2. The Bertz CT molecular complexity index is 1050. The molecule has 1 aliphatic heterocycles. The zero-order valence-corrected chi connectivity index (χ0v) is 14.8. The molecule has 26 heavy (non-hydrogen) atoms. The summed E-state index contributed by atoms with van der Waals surface area (Å²) in [6.45, 7) is 1.96. The first kappa shape index (κ1) is 16.7. The van der Waals surface area contributed by atoms with E-state index in [0.29, 0.717) is 17.3 Å². The number of aromatic nitrogens is 2. The van der Waals surface area contributed by atoms with Crippen LogP contribution in [-0.4, -0.2) is 19.9 Å². The lowest BCUT2D eigenvalue weighted by Gasteiger charge is -2.13. The van der Waals surface area contributed by atoms with Gasteiger partial charge in [0.1, 0.15) is 11.6 Å². The maximum absolute atomic E-state index is 13.4. The van der Waals surface area contributed by atoms with Crippen LogP contribution in [0.15, 0.2) is 48.5 Å². The number of para-hydroxylation sites is 1. The summed E-state index contributed by atoms with van der Waals surface area (Å²) in [5, 5.41) is 7.41. The first-order valence-electron chi connectivity index (χ1n) is 8.11. The van der Waals surface area contributed by atoms with Gasteiger partial charge in [-0.05, 0) is 36.8 Å². The van der Waals surface area contributed by atoms with Crippen LogP contribution < -0.4 is 5.32 Å². The fourth-order valence-electron chi connectivity index (χ4n) is 3.04. The third kappa shape index (κ3) is 2.94. The van der Waals surface area contributed by atoms with E-state index in [1.54, 1.807) is 10.7 Å². The quantitative estimate of drug-likeness (QED) is 0.770. The fourth-order valence-corrected chi connectivity index (χ4v) is 4.31. The van der Waals surface area contributed by atoms with Gasteiger partial charge < -0.3 is 5.32 Å². The third-order valence-electron chi connectivity index (χ3n) is 4.33. The lowest BCUT2D eigenvalue weighted by molar-refractivity contribution is 0.102. The first-order valence-corrected chi connectivity index (χ1v) is 9.60. The van der Waals surface area contributed by atoms with E-state index in [9.17, 15) is 13.4 Å². The minimum absolute atomic E-state index is 0.218. The molecule has 0 saturated carbocycles. The molecule has 0 unspecified atom stereocenters. The number of hydrogen-bond donors (Lipinski definition) is 1. The van der Waals surface area contributed by atoms with Gasteiger partial charge in [0.2, 0.25) is 0 Å². The number of nitrogens with one attached hydrogen (secondary N) is 1. The van der Waals surface area contributed by atoms with Crippen molar-refractivity contribution in [3.8, 4) is 5.69 Å². The summed E-state index contributed by atoms with van der Waals surface area (Å²) < 4.78 is 27.0. The number of amides is 1. The van der Waals surface area contributed by atoms with E-state index in [0.717, 1.165) is 22.5 Å². The molecule has 2 aromatic carbocycles. The number of carbonyl (C=O) groups is 1. The number of halogens is 1. The van der Waals surface area contributed by atoms with E-state index < -0.39 is 22.5 Å². The van der Waals surface area contributed by atoms with Gasteiger partial charge in [0.15, 0.2) is 0 Å². The lowest BCUT2D eigenvalue weighted by Crippen LogP contribution is -2.17. The van der Waals surface area contributed by atoms with Crippen molar-refractivity contribution in [2.75, 3.05) is 5.32 Å². The second kappa shape index (κ2) is 6.49. The maximum Gasteiger partial charge on any atom is 0.256 e. The van der Waals surface area contributed by atoms with Gasteiger partial charge in [0.05, 0.1) is 22.9 Å². The molecular weight excluding hydrogens is 353 g/mol. The highest BCUT2D eigenvalue weighted by Gasteiger charge is 2.28. The van der Waals surface area contributed by atoms with Crippen molar-refractivity contribution in [1.82, 2.24) is 9.78 Å². The maximum atomic E-state index is 13.4. The average molecular weight is 369 g/mol. The molecule has 0 bridgehead atoms. The van der Waals surface area contributed by atoms with Crippen molar-refractivity contribution in [2.24, 2.45) is 0 Å². The molecule has 0 saturated heterocycles. The molecule has 2 heterocycles.